The van der Waals surface area contributed by atoms with Crippen molar-refractivity contribution in [3.8, 4) is 0 Å². The molecule has 1 heterocycles. The van der Waals surface area contributed by atoms with Crippen LogP contribution in [-0.2, 0) is 0 Å². The van der Waals surface area contributed by atoms with Gasteiger partial charge in [0.1, 0.15) is 5.03 Å². The van der Waals surface area contributed by atoms with E-state index in [1.807, 2.05) is 6.92 Å². The molecular weight excluding hydrogens is 188 g/mol. The number of hydrogen-bond acceptors (Lipinski definition) is 4. The summed E-state index contributed by atoms with van der Waals surface area (Å²) in [4.78, 5) is 14.6. The smallest absolute Gasteiger partial charge is 0.337 e. The van der Waals surface area contributed by atoms with E-state index in [1.54, 1.807) is 0 Å². The van der Waals surface area contributed by atoms with Gasteiger partial charge in [-0.3, -0.25) is 0 Å². The molecule has 0 amide bonds. The Bertz CT molecular complexity index is 328. The van der Waals surface area contributed by atoms with Gasteiger partial charge in [-0.15, -0.1) is 11.8 Å². The third kappa shape index (κ3) is 2.12. The number of aromatic carboxylic acids is 1. The van der Waals surface area contributed by atoms with Crippen LogP contribution in [0.5, 0.6) is 0 Å². The lowest BCUT2D eigenvalue weighted by Gasteiger charge is -2.04. The molecule has 0 radical (unpaired) electrons. The predicted octanol–water partition coefficient (Wildman–Crippen LogP) is 1.47. The maximum atomic E-state index is 10.7. The van der Waals surface area contributed by atoms with E-state index < -0.39 is 5.97 Å². The van der Waals surface area contributed by atoms with Gasteiger partial charge in [-0.05, 0) is 11.8 Å². The molecule has 0 aliphatic carbocycles. The molecule has 0 atom stereocenters. The van der Waals surface area contributed by atoms with Crippen LogP contribution in [0.3, 0.4) is 0 Å². The molecule has 1 rings (SSSR count). The second-order valence-corrected chi connectivity index (χ2v) is 3.57. The highest BCUT2D eigenvalue weighted by Gasteiger charge is 2.11. The Hall–Kier alpha value is -1.23. The second kappa shape index (κ2) is 4.13. The second-order valence-electron chi connectivity index (χ2n) is 2.32. The zero-order chi connectivity index (χ0) is 9.84. The minimum absolute atomic E-state index is 0.117. The standard InChI is InChI=1S/C8H10N2O2S/c1-2-13-7-6(9)5(8(11)12)3-4-10-7/h3-4H,2,9H2,1H3,(H,11,12). The maximum absolute atomic E-state index is 10.7. The van der Waals surface area contributed by atoms with Crippen LogP contribution < -0.4 is 5.73 Å². The maximum Gasteiger partial charge on any atom is 0.337 e. The topological polar surface area (TPSA) is 76.2 Å². The lowest BCUT2D eigenvalue weighted by Crippen LogP contribution is -2.04. The summed E-state index contributed by atoms with van der Waals surface area (Å²) < 4.78 is 0. The van der Waals surface area contributed by atoms with Crippen molar-refractivity contribution in [1.82, 2.24) is 4.98 Å². The number of nitrogen functional groups attached to an aromatic ring is 1. The number of carboxylic acids is 1. The first-order chi connectivity index (χ1) is 6.16. The van der Waals surface area contributed by atoms with Gasteiger partial charge in [0.25, 0.3) is 0 Å². The molecule has 1 aromatic heterocycles. The van der Waals surface area contributed by atoms with Gasteiger partial charge in [0.15, 0.2) is 0 Å². The van der Waals surface area contributed by atoms with Crippen molar-refractivity contribution >= 4 is 23.4 Å². The van der Waals surface area contributed by atoms with E-state index in [9.17, 15) is 4.79 Å². The molecule has 5 heteroatoms. The number of thioether (sulfide) groups is 1. The van der Waals surface area contributed by atoms with Crippen molar-refractivity contribution in [2.24, 2.45) is 0 Å². The van der Waals surface area contributed by atoms with Crippen molar-refractivity contribution in [2.45, 2.75) is 11.9 Å². The zero-order valence-electron chi connectivity index (χ0n) is 7.15. The molecule has 70 valence electrons. The van der Waals surface area contributed by atoms with Gasteiger partial charge in [-0.25, -0.2) is 9.78 Å². The molecule has 0 bridgehead atoms. The molecule has 0 aromatic carbocycles. The average molecular weight is 198 g/mol. The number of anilines is 1. The van der Waals surface area contributed by atoms with Crippen LogP contribution in [0.15, 0.2) is 17.3 Å². The van der Waals surface area contributed by atoms with Crippen LogP contribution >= 0.6 is 11.8 Å². The molecule has 0 unspecified atom stereocenters. The number of nitrogens with zero attached hydrogens (tertiary/aromatic N) is 1. The molecule has 13 heavy (non-hydrogen) atoms. The molecule has 0 saturated carbocycles. The van der Waals surface area contributed by atoms with Crippen LogP contribution in [0.4, 0.5) is 5.69 Å². The van der Waals surface area contributed by atoms with Gasteiger partial charge < -0.3 is 10.8 Å². The Labute approximate surface area is 80.2 Å². The van der Waals surface area contributed by atoms with Crippen LogP contribution in [-0.4, -0.2) is 21.8 Å². The number of carboxylic acid groups (broad SMARTS) is 1. The molecular formula is C8H10N2O2S. The number of pyridine rings is 1. The van der Waals surface area contributed by atoms with E-state index in [-0.39, 0.29) is 11.3 Å². The van der Waals surface area contributed by atoms with E-state index in [0.717, 1.165) is 5.75 Å². The lowest BCUT2D eigenvalue weighted by atomic mass is 10.2. The summed E-state index contributed by atoms with van der Waals surface area (Å²) in [5.41, 5.74) is 5.97. The van der Waals surface area contributed by atoms with Crippen molar-refractivity contribution in [3.63, 3.8) is 0 Å². The third-order valence-corrected chi connectivity index (χ3v) is 2.35. The Kier molecular flexibility index (Phi) is 3.13. The number of carbonyl (C=O) groups is 1. The van der Waals surface area contributed by atoms with E-state index in [4.69, 9.17) is 10.8 Å². The third-order valence-electron chi connectivity index (χ3n) is 1.47. The highest BCUT2D eigenvalue weighted by atomic mass is 32.2. The first-order valence-corrected chi connectivity index (χ1v) is 4.76. The van der Waals surface area contributed by atoms with E-state index in [1.165, 1.54) is 24.0 Å². The first-order valence-electron chi connectivity index (χ1n) is 3.77. The van der Waals surface area contributed by atoms with Crippen molar-refractivity contribution in [1.29, 1.82) is 0 Å². The number of rotatable bonds is 3. The van der Waals surface area contributed by atoms with Crippen molar-refractivity contribution < 1.29 is 9.90 Å². The molecule has 0 aliphatic heterocycles. The normalized spacial score (nSPS) is 9.92. The van der Waals surface area contributed by atoms with Gasteiger partial charge in [-0.2, -0.15) is 0 Å². The number of hydrogen-bond donors (Lipinski definition) is 2. The lowest BCUT2D eigenvalue weighted by molar-refractivity contribution is 0.0697. The fourth-order valence-corrected chi connectivity index (χ4v) is 1.57. The van der Waals surface area contributed by atoms with Crippen molar-refractivity contribution in [2.75, 3.05) is 11.5 Å². The average Bonchev–Trinajstić information content (AvgIpc) is 2.08. The SMILES string of the molecule is CCSc1nccc(C(=O)O)c1N. The van der Waals surface area contributed by atoms with E-state index in [2.05, 4.69) is 4.98 Å². The fraction of sp³-hybridized carbons (Fsp3) is 0.250. The summed E-state index contributed by atoms with van der Waals surface area (Å²) in [5, 5.41) is 9.33. The fourth-order valence-electron chi connectivity index (χ4n) is 0.892. The molecule has 0 spiro atoms. The highest BCUT2D eigenvalue weighted by Crippen LogP contribution is 2.24. The van der Waals surface area contributed by atoms with E-state index in [0.29, 0.717) is 5.03 Å². The van der Waals surface area contributed by atoms with Gasteiger partial charge in [0.2, 0.25) is 0 Å². The molecule has 4 nitrogen and oxygen atoms in total. The Balaban J connectivity index is 3.10. The molecule has 1 aromatic rings. The Morgan fingerprint density at radius 3 is 3.00 bits per heavy atom. The molecule has 0 fully saturated rings. The van der Waals surface area contributed by atoms with Crippen molar-refractivity contribution in [3.05, 3.63) is 17.8 Å². The summed E-state index contributed by atoms with van der Waals surface area (Å²) in [5.74, 6) is -0.196. The minimum Gasteiger partial charge on any atom is -0.478 e. The minimum atomic E-state index is -1.02. The summed E-state index contributed by atoms with van der Waals surface area (Å²) in [6.07, 6.45) is 1.46. The molecule has 3 N–H and O–H groups in total. The quantitative estimate of drug-likeness (QED) is 0.719. The number of nitrogens with two attached hydrogens (primary N) is 1. The largest absolute Gasteiger partial charge is 0.478 e. The monoisotopic (exact) mass is 198 g/mol. The highest BCUT2D eigenvalue weighted by molar-refractivity contribution is 7.99. The molecule has 0 aliphatic rings. The van der Waals surface area contributed by atoms with Crippen LogP contribution in [0.2, 0.25) is 0 Å². The Morgan fingerprint density at radius 2 is 2.46 bits per heavy atom. The van der Waals surface area contributed by atoms with E-state index >= 15 is 0 Å². The molecule has 0 saturated heterocycles. The number of aromatic nitrogens is 1. The predicted molar refractivity (Wildman–Crippen MR) is 52.0 cm³/mol. The van der Waals surface area contributed by atoms with Crippen LogP contribution in [0.25, 0.3) is 0 Å². The van der Waals surface area contributed by atoms with Crippen LogP contribution in [0.1, 0.15) is 17.3 Å². The summed E-state index contributed by atoms with van der Waals surface area (Å²) >= 11 is 1.43. The van der Waals surface area contributed by atoms with Crippen LogP contribution in [0, 0.1) is 0 Å². The first kappa shape index (κ1) is 9.85. The van der Waals surface area contributed by atoms with Gasteiger partial charge in [-0.1, -0.05) is 6.92 Å². The Morgan fingerprint density at radius 1 is 1.77 bits per heavy atom. The van der Waals surface area contributed by atoms with Gasteiger partial charge >= 0.3 is 5.97 Å². The summed E-state index contributed by atoms with van der Waals surface area (Å²) in [7, 11) is 0. The summed E-state index contributed by atoms with van der Waals surface area (Å²) in [6.45, 7) is 1.96. The zero-order valence-corrected chi connectivity index (χ0v) is 7.97. The summed E-state index contributed by atoms with van der Waals surface area (Å²) in [6, 6.07) is 1.40. The van der Waals surface area contributed by atoms with Gasteiger partial charge in [0, 0.05) is 6.20 Å². The van der Waals surface area contributed by atoms with Gasteiger partial charge in [0.05, 0.1) is 11.3 Å².